The number of hydrogen-bond acceptors (Lipinski definition) is 2. The number of rotatable bonds is 7. The molecule has 0 amide bonds. The molecule has 1 aromatic rings. The second-order valence-electron chi connectivity index (χ2n) is 5.80. The molecule has 0 saturated heterocycles. The lowest BCUT2D eigenvalue weighted by atomic mass is 10.1. The summed E-state index contributed by atoms with van der Waals surface area (Å²) in [5, 5.41) is 0. The van der Waals surface area contributed by atoms with Gasteiger partial charge in [0.15, 0.2) is 0 Å². The van der Waals surface area contributed by atoms with Crippen LogP contribution in [0.2, 0.25) is 0 Å². The Balaban J connectivity index is 2.62. The first kappa shape index (κ1) is 19.3. The highest BCUT2D eigenvalue weighted by molar-refractivity contribution is 5.82. The van der Waals surface area contributed by atoms with E-state index in [-0.39, 0.29) is 6.54 Å². The van der Waals surface area contributed by atoms with Gasteiger partial charge < -0.3 is 4.74 Å². The Morgan fingerprint density at radius 2 is 1.83 bits per heavy atom. The molecular formula is C18H24F3NO. The van der Waals surface area contributed by atoms with E-state index in [9.17, 15) is 13.2 Å². The van der Waals surface area contributed by atoms with Crippen molar-refractivity contribution in [3.63, 3.8) is 0 Å². The van der Waals surface area contributed by atoms with Gasteiger partial charge in [-0.05, 0) is 37.3 Å². The lowest BCUT2D eigenvalue weighted by Crippen LogP contribution is -2.29. The Bertz CT molecular complexity index is 507. The summed E-state index contributed by atoms with van der Waals surface area (Å²) in [7, 11) is 0. The lowest BCUT2D eigenvalue weighted by molar-refractivity contribution is -0.0808. The summed E-state index contributed by atoms with van der Waals surface area (Å²) in [6, 6.07) is 9.29. The van der Waals surface area contributed by atoms with Crippen LogP contribution in [0.5, 0.6) is 0 Å². The summed E-state index contributed by atoms with van der Waals surface area (Å²) in [4.78, 5) is 3.61. The quantitative estimate of drug-likeness (QED) is 0.383. The maximum absolute atomic E-state index is 13.0. The number of nitrogens with zero attached hydrogens (tertiary/aromatic N) is 1. The molecule has 0 radical (unpaired) electrons. The summed E-state index contributed by atoms with van der Waals surface area (Å²) < 4.78 is 43.9. The highest BCUT2D eigenvalue weighted by Gasteiger charge is 2.38. The highest BCUT2D eigenvalue weighted by Crippen LogP contribution is 2.20. The minimum Gasteiger partial charge on any atom is -0.467 e. The Labute approximate surface area is 136 Å². The summed E-state index contributed by atoms with van der Waals surface area (Å²) in [5.74, 6) is -0.699. The van der Waals surface area contributed by atoms with E-state index in [2.05, 4.69) is 4.99 Å². The Hall–Kier alpha value is -1.78. The van der Waals surface area contributed by atoms with Crippen LogP contribution in [0.1, 0.15) is 32.8 Å². The number of allylic oxidation sites excluding steroid dienone is 1. The van der Waals surface area contributed by atoms with Gasteiger partial charge in [0, 0.05) is 6.54 Å². The van der Waals surface area contributed by atoms with E-state index in [0.29, 0.717) is 12.3 Å². The van der Waals surface area contributed by atoms with Crippen molar-refractivity contribution in [2.45, 2.75) is 45.9 Å². The molecule has 23 heavy (non-hydrogen) atoms. The van der Waals surface area contributed by atoms with Crippen molar-refractivity contribution in [3.8, 4) is 0 Å². The molecule has 128 valence electrons. The third-order valence-electron chi connectivity index (χ3n) is 3.05. The van der Waals surface area contributed by atoms with Gasteiger partial charge in [-0.15, -0.1) is 0 Å². The molecule has 1 rings (SSSR count). The second-order valence-corrected chi connectivity index (χ2v) is 5.80. The van der Waals surface area contributed by atoms with Crippen LogP contribution in [0.4, 0.5) is 13.2 Å². The molecule has 1 unspecified atom stereocenters. The van der Waals surface area contributed by atoms with Gasteiger partial charge in [0.05, 0.1) is 0 Å². The molecule has 0 N–H and O–H groups in total. The first-order valence-electron chi connectivity index (χ1n) is 7.78. The summed E-state index contributed by atoms with van der Waals surface area (Å²) in [6.07, 6.45) is -0.504. The van der Waals surface area contributed by atoms with Crippen LogP contribution in [-0.2, 0) is 11.2 Å². The summed E-state index contributed by atoms with van der Waals surface area (Å²) in [6.45, 7) is 5.71. The van der Waals surface area contributed by atoms with E-state index in [1.54, 1.807) is 13.0 Å². The molecule has 2 nitrogen and oxygen atoms in total. The van der Waals surface area contributed by atoms with Gasteiger partial charge >= 0.3 is 6.18 Å². The highest BCUT2D eigenvalue weighted by atomic mass is 19.4. The zero-order chi connectivity index (χ0) is 17.3. The predicted molar refractivity (Wildman–Crippen MR) is 87.6 cm³/mol. The third-order valence-corrected chi connectivity index (χ3v) is 3.05. The molecule has 1 aromatic carbocycles. The number of hydrogen-bond donors (Lipinski definition) is 0. The van der Waals surface area contributed by atoms with Crippen molar-refractivity contribution in [1.29, 1.82) is 0 Å². The standard InChI is InChI=1S/C18H24F3NO/c1-14(2)8-7-9-15(3)23-17(18(19,20)21)22-13-12-16-10-5-4-6-11-16/h4-7,9-11,14-15H,8,12-13H2,1-3H3/b9-7+,22-17?. The van der Waals surface area contributed by atoms with E-state index in [4.69, 9.17) is 4.74 Å². The Kier molecular flexibility index (Phi) is 7.86. The zero-order valence-electron chi connectivity index (χ0n) is 13.8. The van der Waals surface area contributed by atoms with Gasteiger partial charge in [-0.3, -0.25) is 0 Å². The normalized spacial score (nSPS) is 14.5. The molecule has 0 bridgehead atoms. The molecule has 1 atom stereocenters. The minimum absolute atomic E-state index is 0.0429. The van der Waals surface area contributed by atoms with Crippen molar-refractivity contribution in [2.24, 2.45) is 10.9 Å². The largest absolute Gasteiger partial charge is 0.468 e. The predicted octanol–water partition coefficient (Wildman–Crippen LogP) is 5.20. The van der Waals surface area contributed by atoms with Gasteiger partial charge in [0.1, 0.15) is 6.10 Å². The Morgan fingerprint density at radius 1 is 1.17 bits per heavy atom. The van der Waals surface area contributed by atoms with Gasteiger partial charge in [0.25, 0.3) is 5.90 Å². The van der Waals surface area contributed by atoms with Crippen molar-refractivity contribution in [2.75, 3.05) is 6.54 Å². The van der Waals surface area contributed by atoms with Gasteiger partial charge in [-0.2, -0.15) is 13.2 Å². The molecule has 0 aliphatic carbocycles. The fourth-order valence-corrected chi connectivity index (χ4v) is 1.88. The van der Waals surface area contributed by atoms with Crippen LogP contribution in [-0.4, -0.2) is 24.7 Å². The number of halogens is 3. The fraction of sp³-hybridized carbons (Fsp3) is 0.500. The van der Waals surface area contributed by atoms with E-state index < -0.39 is 18.2 Å². The van der Waals surface area contributed by atoms with Gasteiger partial charge in [-0.1, -0.05) is 50.3 Å². The van der Waals surface area contributed by atoms with Crippen molar-refractivity contribution in [1.82, 2.24) is 0 Å². The minimum atomic E-state index is -4.57. The SMILES string of the molecule is CC(C)C/C=C/C(C)OC(=NCCc1ccccc1)C(F)(F)F. The van der Waals surface area contributed by atoms with Gasteiger partial charge in [-0.25, -0.2) is 4.99 Å². The smallest absolute Gasteiger partial charge is 0.467 e. The zero-order valence-corrected chi connectivity index (χ0v) is 13.8. The van der Waals surface area contributed by atoms with E-state index in [1.165, 1.54) is 0 Å². The van der Waals surface area contributed by atoms with Gasteiger partial charge in [0.2, 0.25) is 0 Å². The number of alkyl halides is 3. The van der Waals surface area contributed by atoms with Crippen LogP contribution < -0.4 is 0 Å². The molecule has 0 fully saturated rings. The number of benzene rings is 1. The van der Waals surface area contributed by atoms with E-state index in [0.717, 1.165) is 12.0 Å². The average Bonchev–Trinajstić information content (AvgIpc) is 2.46. The van der Waals surface area contributed by atoms with Crippen LogP contribution >= 0.6 is 0 Å². The molecule has 0 aliphatic heterocycles. The molecule has 5 heteroatoms. The fourth-order valence-electron chi connectivity index (χ4n) is 1.88. The maximum Gasteiger partial charge on any atom is 0.468 e. The molecule has 0 spiro atoms. The van der Waals surface area contributed by atoms with Crippen LogP contribution in [0.3, 0.4) is 0 Å². The topological polar surface area (TPSA) is 21.6 Å². The molecule has 0 saturated carbocycles. The maximum atomic E-state index is 13.0. The monoisotopic (exact) mass is 327 g/mol. The molecule has 0 heterocycles. The molecule has 0 aliphatic rings. The van der Waals surface area contributed by atoms with Crippen molar-refractivity contribution >= 4 is 5.90 Å². The van der Waals surface area contributed by atoms with Crippen LogP contribution in [0, 0.1) is 5.92 Å². The number of aliphatic imine (C=N–C) groups is 1. The van der Waals surface area contributed by atoms with Crippen molar-refractivity contribution < 1.29 is 17.9 Å². The second kappa shape index (κ2) is 9.38. The summed E-state index contributed by atoms with van der Waals surface area (Å²) >= 11 is 0. The lowest BCUT2D eigenvalue weighted by Gasteiger charge is -2.16. The van der Waals surface area contributed by atoms with Crippen molar-refractivity contribution in [3.05, 3.63) is 48.0 Å². The van der Waals surface area contributed by atoms with E-state index >= 15 is 0 Å². The molecule has 0 aromatic heterocycles. The Morgan fingerprint density at radius 3 is 2.39 bits per heavy atom. The summed E-state index contributed by atoms with van der Waals surface area (Å²) in [5.41, 5.74) is 0.947. The van der Waals surface area contributed by atoms with E-state index in [1.807, 2.05) is 50.3 Å². The van der Waals surface area contributed by atoms with Crippen LogP contribution in [0.25, 0.3) is 0 Å². The molecular weight excluding hydrogens is 303 g/mol. The third kappa shape index (κ3) is 8.43. The number of ether oxygens (including phenoxy) is 1. The first-order chi connectivity index (χ1) is 10.8. The average molecular weight is 327 g/mol. The first-order valence-corrected chi connectivity index (χ1v) is 7.78. The van der Waals surface area contributed by atoms with Crippen LogP contribution in [0.15, 0.2) is 47.5 Å².